The van der Waals surface area contributed by atoms with Crippen LogP contribution < -0.4 is 5.73 Å². The molecule has 35 heavy (non-hydrogen) atoms. The van der Waals surface area contributed by atoms with Crippen molar-refractivity contribution in [2.24, 2.45) is 5.73 Å². The quantitative estimate of drug-likeness (QED) is 0.477. The van der Waals surface area contributed by atoms with Gasteiger partial charge in [-0.1, -0.05) is 23.7 Å². The molecule has 0 saturated heterocycles. The Morgan fingerprint density at radius 3 is 2.54 bits per heavy atom. The van der Waals surface area contributed by atoms with Gasteiger partial charge in [0.1, 0.15) is 17.6 Å². The van der Waals surface area contributed by atoms with Crippen LogP contribution in [0.2, 0.25) is 5.02 Å². The number of phenolic OH excluding ortho intramolecular Hbond substituents is 1. The second-order valence-corrected chi connectivity index (χ2v) is 8.49. The topological polar surface area (TPSA) is 96.5 Å². The van der Waals surface area contributed by atoms with Gasteiger partial charge in [0.2, 0.25) is 5.91 Å². The normalized spacial score (nSPS) is 16.0. The second-order valence-electron chi connectivity index (χ2n) is 8.05. The molecule has 6 nitrogen and oxygen atoms in total. The highest BCUT2D eigenvalue weighted by atomic mass is 35.5. The van der Waals surface area contributed by atoms with Gasteiger partial charge in [0.25, 0.3) is 5.91 Å². The van der Waals surface area contributed by atoms with Crippen molar-refractivity contribution in [2.75, 3.05) is 0 Å². The maximum Gasteiger partial charge on any atom is 0.417 e. The van der Waals surface area contributed by atoms with E-state index in [4.69, 9.17) is 17.3 Å². The third kappa shape index (κ3) is 4.66. The highest BCUT2D eigenvalue weighted by molar-refractivity contribution is 6.30. The summed E-state index contributed by atoms with van der Waals surface area (Å²) in [5, 5.41) is 10.3. The molecule has 3 N–H and O–H groups in total. The molecule has 0 fully saturated rings. The summed E-state index contributed by atoms with van der Waals surface area (Å²) in [6.07, 6.45) is -2.86. The maximum atomic E-state index is 14.6. The minimum Gasteiger partial charge on any atom is -0.507 e. The van der Waals surface area contributed by atoms with Crippen LogP contribution in [0.1, 0.15) is 51.1 Å². The number of carbonyl (C=O) groups excluding carboxylic acids is 2. The van der Waals surface area contributed by atoms with Gasteiger partial charge in [-0.15, -0.1) is 0 Å². The van der Waals surface area contributed by atoms with E-state index in [1.165, 1.54) is 30.3 Å². The molecule has 11 heteroatoms. The minimum absolute atomic E-state index is 0.0412. The fraction of sp³-hybridized carbons (Fsp3) is 0.208. The van der Waals surface area contributed by atoms with Crippen LogP contribution in [0.15, 0.2) is 54.9 Å². The Kier molecular flexibility index (Phi) is 6.42. The number of para-hydroxylation sites is 1. The smallest absolute Gasteiger partial charge is 0.417 e. The first-order valence-corrected chi connectivity index (χ1v) is 10.8. The Balaban J connectivity index is 1.92. The number of alkyl halides is 3. The monoisotopic (exact) mass is 507 g/mol. The Morgan fingerprint density at radius 2 is 1.89 bits per heavy atom. The lowest BCUT2D eigenvalue weighted by Crippen LogP contribution is -2.43. The van der Waals surface area contributed by atoms with E-state index in [2.05, 4.69) is 4.98 Å². The van der Waals surface area contributed by atoms with Crippen molar-refractivity contribution in [2.45, 2.75) is 31.1 Å². The summed E-state index contributed by atoms with van der Waals surface area (Å²) < 4.78 is 54.7. The molecule has 2 atom stereocenters. The summed E-state index contributed by atoms with van der Waals surface area (Å²) in [6, 6.07) is 6.02. The third-order valence-corrected chi connectivity index (χ3v) is 6.09. The third-order valence-electron chi connectivity index (χ3n) is 5.88. The number of carbonyl (C=O) groups is 2. The van der Waals surface area contributed by atoms with Crippen molar-refractivity contribution in [1.29, 1.82) is 0 Å². The number of aromatic hydroxyl groups is 1. The molecule has 1 aliphatic rings. The van der Waals surface area contributed by atoms with Gasteiger partial charge < -0.3 is 15.7 Å². The number of phenols is 1. The van der Waals surface area contributed by atoms with E-state index in [9.17, 15) is 32.3 Å². The first kappa shape index (κ1) is 24.5. The van der Waals surface area contributed by atoms with Gasteiger partial charge in [-0.3, -0.25) is 14.6 Å². The van der Waals surface area contributed by atoms with Crippen LogP contribution in [0.5, 0.6) is 5.75 Å². The molecule has 1 aromatic heterocycles. The summed E-state index contributed by atoms with van der Waals surface area (Å²) in [6.45, 7) is 0. The van der Waals surface area contributed by atoms with Crippen LogP contribution in [0.4, 0.5) is 17.6 Å². The highest BCUT2D eigenvalue weighted by Crippen LogP contribution is 2.44. The zero-order valence-electron chi connectivity index (χ0n) is 17.9. The van der Waals surface area contributed by atoms with Gasteiger partial charge in [-0.05, 0) is 54.3 Å². The van der Waals surface area contributed by atoms with E-state index >= 15 is 0 Å². The summed E-state index contributed by atoms with van der Waals surface area (Å²) in [5.74, 6) is -3.04. The van der Waals surface area contributed by atoms with Gasteiger partial charge in [0, 0.05) is 23.0 Å². The lowest BCUT2D eigenvalue weighted by atomic mass is 9.97. The van der Waals surface area contributed by atoms with Gasteiger partial charge in [-0.2, -0.15) is 13.2 Å². The van der Waals surface area contributed by atoms with Crippen molar-refractivity contribution < 1.29 is 32.3 Å². The van der Waals surface area contributed by atoms with Crippen molar-refractivity contribution in [3.63, 3.8) is 0 Å². The molecule has 1 aliphatic carbocycles. The number of primary amides is 1. The fourth-order valence-corrected chi connectivity index (χ4v) is 4.58. The molecular weight excluding hydrogens is 490 g/mol. The standard InChI is InChI=1S/C24H18ClF4N3O3/c25-14-8-17-15(18(26)9-14)5-6-19(17)32(23(35)16-3-1-2-4-20(16)33)21(22(30)34)12-7-13(11-31-10-12)24(27,28)29/h1-4,7-11,19,21,33H,5-6H2,(H2,30,34)/t19-,21-/m1/s1. The number of fused-ring (bicyclic) bond motifs is 1. The number of hydrogen-bond acceptors (Lipinski definition) is 4. The van der Waals surface area contributed by atoms with Crippen LogP contribution in [-0.2, 0) is 17.4 Å². The number of nitrogens with two attached hydrogens (primary N) is 1. The van der Waals surface area contributed by atoms with Crippen LogP contribution >= 0.6 is 11.6 Å². The van der Waals surface area contributed by atoms with Crippen LogP contribution in [0, 0.1) is 5.82 Å². The molecular formula is C24H18ClF4N3O3. The summed E-state index contributed by atoms with van der Waals surface area (Å²) in [5.41, 5.74) is 4.55. The molecule has 0 unspecified atom stereocenters. The van der Waals surface area contributed by atoms with Crippen LogP contribution in [0.25, 0.3) is 0 Å². The van der Waals surface area contributed by atoms with E-state index in [1.807, 2.05) is 0 Å². The first-order valence-electron chi connectivity index (χ1n) is 10.4. The number of pyridine rings is 1. The minimum atomic E-state index is -4.77. The van der Waals surface area contributed by atoms with E-state index in [-0.39, 0.29) is 34.6 Å². The molecule has 0 saturated carbocycles. The Bertz CT molecular complexity index is 1320. The number of rotatable bonds is 5. The Hall–Kier alpha value is -3.66. The summed E-state index contributed by atoms with van der Waals surface area (Å²) in [7, 11) is 0. The van der Waals surface area contributed by atoms with Crippen LogP contribution in [0.3, 0.4) is 0 Å². The average molecular weight is 508 g/mol. The highest BCUT2D eigenvalue weighted by Gasteiger charge is 2.42. The van der Waals surface area contributed by atoms with Gasteiger partial charge in [-0.25, -0.2) is 4.39 Å². The predicted octanol–water partition coefficient (Wildman–Crippen LogP) is 4.95. The second kappa shape index (κ2) is 9.18. The van der Waals surface area contributed by atoms with E-state index in [0.717, 1.165) is 17.2 Å². The number of nitrogens with zero attached hydrogens (tertiary/aromatic N) is 2. The number of aromatic nitrogens is 1. The number of amides is 2. The fourth-order valence-electron chi connectivity index (χ4n) is 4.37. The molecule has 182 valence electrons. The lowest BCUT2D eigenvalue weighted by molar-refractivity contribution is -0.138. The van der Waals surface area contributed by atoms with Gasteiger partial charge in [0.15, 0.2) is 0 Å². The van der Waals surface area contributed by atoms with Gasteiger partial charge in [0.05, 0.1) is 17.2 Å². The van der Waals surface area contributed by atoms with E-state index < -0.39 is 47.2 Å². The van der Waals surface area contributed by atoms with Crippen molar-refractivity contribution >= 4 is 23.4 Å². The zero-order chi connectivity index (χ0) is 25.5. The van der Waals surface area contributed by atoms with Gasteiger partial charge >= 0.3 is 6.18 Å². The molecule has 2 aromatic carbocycles. The lowest BCUT2D eigenvalue weighted by Gasteiger charge is -2.36. The maximum absolute atomic E-state index is 14.6. The summed E-state index contributed by atoms with van der Waals surface area (Å²) in [4.78, 5) is 31.0. The van der Waals surface area contributed by atoms with Crippen molar-refractivity contribution in [3.8, 4) is 5.75 Å². The molecule has 0 spiro atoms. The first-order chi connectivity index (χ1) is 16.5. The van der Waals surface area contributed by atoms with Crippen LogP contribution in [-0.4, -0.2) is 26.8 Å². The largest absolute Gasteiger partial charge is 0.507 e. The zero-order valence-corrected chi connectivity index (χ0v) is 18.6. The molecule has 0 bridgehead atoms. The molecule has 1 heterocycles. The Labute approximate surface area is 201 Å². The average Bonchev–Trinajstić information content (AvgIpc) is 3.20. The molecule has 3 aromatic rings. The van der Waals surface area contributed by atoms with E-state index in [0.29, 0.717) is 17.8 Å². The molecule has 0 radical (unpaired) electrons. The van der Waals surface area contributed by atoms with E-state index in [1.54, 1.807) is 0 Å². The van der Waals surface area contributed by atoms with Crippen molar-refractivity contribution in [1.82, 2.24) is 9.88 Å². The molecule has 2 amide bonds. The van der Waals surface area contributed by atoms with Crippen molar-refractivity contribution in [3.05, 3.63) is 93.5 Å². The molecule has 4 rings (SSSR count). The predicted molar refractivity (Wildman–Crippen MR) is 118 cm³/mol. The Morgan fingerprint density at radius 1 is 1.17 bits per heavy atom. The number of halogens is 5. The number of benzene rings is 2. The summed E-state index contributed by atoms with van der Waals surface area (Å²) >= 11 is 6.04. The SMILES string of the molecule is NC(=O)[C@@H](c1cncc(C(F)(F)F)c1)N(C(=O)c1ccccc1O)[C@@H]1CCc2c(F)cc(Cl)cc21. The number of hydrogen-bond donors (Lipinski definition) is 2. The molecule has 0 aliphatic heterocycles.